The molecule has 0 N–H and O–H groups in total. The van der Waals surface area contributed by atoms with Crippen LogP contribution in [0.15, 0.2) is 82.2 Å². The number of benzene rings is 2. The number of carbonyl (C=O) groups excluding carboxylic acids is 1. The van der Waals surface area contributed by atoms with Gasteiger partial charge < -0.3 is 14.5 Å². The number of hydrogen-bond donors (Lipinski definition) is 0. The maximum Gasteiger partial charge on any atom is 0.246 e. The molecular formula is C35H36ClFN6O2. The molecule has 232 valence electrons. The lowest BCUT2D eigenvalue weighted by Crippen LogP contribution is -2.55. The lowest BCUT2D eigenvalue weighted by Gasteiger charge is -2.45. The highest BCUT2D eigenvalue weighted by Gasteiger charge is 2.47. The van der Waals surface area contributed by atoms with Crippen molar-refractivity contribution in [3.8, 4) is 6.07 Å². The maximum absolute atomic E-state index is 16.3. The van der Waals surface area contributed by atoms with Crippen LogP contribution in [-0.2, 0) is 9.53 Å². The predicted molar refractivity (Wildman–Crippen MR) is 174 cm³/mol. The van der Waals surface area contributed by atoms with Gasteiger partial charge in [-0.2, -0.15) is 5.26 Å². The first kappa shape index (κ1) is 29.7. The third kappa shape index (κ3) is 5.04. The monoisotopic (exact) mass is 626 g/mol. The molecule has 5 aliphatic rings. The Hall–Kier alpha value is -4.00. The van der Waals surface area contributed by atoms with E-state index in [2.05, 4.69) is 22.4 Å². The number of allylic oxidation sites excluding steroid dienone is 1. The van der Waals surface area contributed by atoms with Gasteiger partial charge in [0.2, 0.25) is 11.8 Å². The number of dihydropyridines is 2. The number of ether oxygens (including phenoxy) is 1. The quantitative estimate of drug-likeness (QED) is 0.401. The Labute approximate surface area is 267 Å². The van der Waals surface area contributed by atoms with Gasteiger partial charge in [0.25, 0.3) is 0 Å². The number of nitriles is 1. The molecule has 1 amide bonds. The predicted octanol–water partition coefficient (Wildman–Crippen LogP) is 5.65. The fourth-order valence-corrected chi connectivity index (χ4v) is 8.22. The molecule has 2 aromatic carbocycles. The third-order valence-electron chi connectivity index (χ3n) is 10.1. The second kappa shape index (κ2) is 11.7. The van der Waals surface area contributed by atoms with Crippen molar-refractivity contribution in [1.29, 1.82) is 5.26 Å². The van der Waals surface area contributed by atoms with Crippen molar-refractivity contribution in [3.63, 3.8) is 0 Å². The highest BCUT2D eigenvalue weighted by Crippen LogP contribution is 2.42. The lowest BCUT2D eigenvalue weighted by atomic mass is 9.88. The molecule has 0 aliphatic carbocycles. The molecule has 10 heteroatoms. The van der Waals surface area contributed by atoms with Crippen molar-refractivity contribution in [2.45, 2.75) is 50.4 Å². The van der Waals surface area contributed by atoms with Gasteiger partial charge in [-0.05, 0) is 69.3 Å². The molecule has 5 aliphatic heterocycles. The van der Waals surface area contributed by atoms with Crippen molar-refractivity contribution in [3.05, 3.63) is 82.8 Å². The van der Waals surface area contributed by atoms with Crippen molar-refractivity contribution < 1.29 is 13.9 Å². The van der Waals surface area contributed by atoms with E-state index in [1.807, 2.05) is 37.3 Å². The van der Waals surface area contributed by atoms with Crippen LogP contribution in [0.5, 0.6) is 0 Å². The molecule has 45 heavy (non-hydrogen) atoms. The topological polar surface area (TPSA) is 84.5 Å². The molecule has 3 atom stereocenters. The zero-order chi connectivity index (χ0) is 31.3. The Balaban J connectivity index is 1.30. The summed E-state index contributed by atoms with van der Waals surface area (Å²) >= 11 is 6.63. The van der Waals surface area contributed by atoms with Crippen LogP contribution in [0.2, 0.25) is 5.02 Å². The van der Waals surface area contributed by atoms with Crippen molar-refractivity contribution in [2.75, 3.05) is 39.3 Å². The highest BCUT2D eigenvalue weighted by atomic mass is 35.5. The van der Waals surface area contributed by atoms with Gasteiger partial charge in [-0.15, -0.1) is 0 Å². The zero-order valence-electron chi connectivity index (χ0n) is 25.4. The Bertz CT molecular complexity index is 1730. The smallest absolute Gasteiger partial charge is 0.246 e. The number of fused-ring (bicyclic) bond motifs is 3. The molecule has 8 nitrogen and oxygen atoms in total. The van der Waals surface area contributed by atoms with Crippen LogP contribution in [0.1, 0.15) is 38.2 Å². The molecule has 7 rings (SSSR count). The number of nitrogens with zero attached hydrogens (tertiary/aromatic N) is 6. The number of halogens is 2. The van der Waals surface area contributed by atoms with Gasteiger partial charge in [0.1, 0.15) is 29.8 Å². The number of piperazine rings is 1. The van der Waals surface area contributed by atoms with Gasteiger partial charge in [-0.1, -0.05) is 48.5 Å². The standard InChI is InChI=1S/C35H36ClFN6O2/c1-3-29(44)41-16-17-43(22(2)20-41)32-25-18-28(37)31(24-10-4-8-23-9-5-11-27(36)30(23)24)39-33(25)40-34(26(32)19-38)45-21-35-12-6-14-42(35)15-7-13-35/h3-5,8-11,18,22,25,33H,1,6-7,12-17,20-21H2,2H3/t22-,25?,33?/m0/s1. The molecule has 0 bridgehead atoms. The van der Waals surface area contributed by atoms with Crippen molar-refractivity contribution in [2.24, 2.45) is 15.9 Å². The Kier molecular flexibility index (Phi) is 7.74. The largest absolute Gasteiger partial charge is 0.475 e. The molecule has 3 saturated heterocycles. The minimum atomic E-state index is -0.736. The average molecular weight is 627 g/mol. The summed E-state index contributed by atoms with van der Waals surface area (Å²) in [4.78, 5) is 28.6. The molecule has 2 aromatic rings. The highest BCUT2D eigenvalue weighted by molar-refractivity contribution is 6.37. The third-order valence-corrected chi connectivity index (χ3v) is 10.4. The summed E-state index contributed by atoms with van der Waals surface area (Å²) < 4.78 is 22.8. The van der Waals surface area contributed by atoms with Crippen LogP contribution in [0.3, 0.4) is 0 Å². The number of amides is 1. The molecule has 5 heterocycles. The van der Waals surface area contributed by atoms with E-state index in [4.69, 9.17) is 26.3 Å². The Morgan fingerprint density at radius 1 is 1.18 bits per heavy atom. The van der Waals surface area contributed by atoms with Crippen LogP contribution >= 0.6 is 11.6 Å². The fraction of sp³-hybridized carbons (Fsp3) is 0.429. The summed E-state index contributed by atoms with van der Waals surface area (Å²) in [7, 11) is 0. The van der Waals surface area contributed by atoms with Crippen molar-refractivity contribution in [1.82, 2.24) is 14.7 Å². The van der Waals surface area contributed by atoms with Crippen LogP contribution in [0.4, 0.5) is 4.39 Å². The summed E-state index contributed by atoms with van der Waals surface area (Å²) in [5.41, 5.74) is 1.68. The lowest BCUT2D eigenvalue weighted by molar-refractivity contribution is -0.128. The van der Waals surface area contributed by atoms with Gasteiger partial charge >= 0.3 is 0 Å². The van der Waals surface area contributed by atoms with Gasteiger partial charge in [0.15, 0.2) is 6.17 Å². The first-order valence-corrected chi connectivity index (χ1v) is 16.1. The average Bonchev–Trinajstić information content (AvgIpc) is 3.63. The van der Waals surface area contributed by atoms with Crippen LogP contribution < -0.4 is 0 Å². The summed E-state index contributed by atoms with van der Waals surface area (Å²) in [6, 6.07) is 13.5. The fourth-order valence-electron chi connectivity index (χ4n) is 7.94. The molecular weight excluding hydrogens is 591 g/mol. The van der Waals surface area contributed by atoms with E-state index in [1.54, 1.807) is 11.0 Å². The summed E-state index contributed by atoms with van der Waals surface area (Å²) in [6.07, 6.45) is 6.49. The maximum atomic E-state index is 16.3. The normalized spacial score (nSPS) is 26.1. The van der Waals surface area contributed by atoms with E-state index in [1.165, 1.54) is 12.2 Å². The van der Waals surface area contributed by atoms with Crippen molar-refractivity contribution >= 4 is 39.9 Å². The van der Waals surface area contributed by atoms with Crippen LogP contribution in [0.25, 0.3) is 10.8 Å². The van der Waals surface area contributed by atoms with Gasteiger partial charge in [-0.3, -0.25) is 14.7 Å². The van der Waals surface area contributed by atoms with E-state index >= 15 is 4.39 Å². The zero-order valence-corrected chi connectivity index (χ0v) is 26.1. The second-order valence-electron chi connectivity index (χ2n) is 12.6. The molecule has 0 radical (unpaired) electrons. The summed E-state index contributed by atoms with van der Waals surface area (Å²) in [5, 5.41) is 12.7. The minimum Gasteiger partial charge on any atom is -0.475 e. The molecule has 0 saturated carbocycles. The first-order valence-electron chi connectivity index (χ1n) is 15.7. The summed E-state index contributed by atoms with van der Waals surface area (Å²) in [5.74, 6) is -0.976. The van der Waals surface area contributed by atoms with Gasteiger partial charge in [-0.25, -0.2) is 9.38 Å². The Morgan fingerprint density at radius 3 is 2.64 bits per heavy atom. The summed E-state index contributed by atoms with van der Waals surface area (Å²) in [6.45, 7) is 9.58. The van der Waals surface area contributed by atoms with E-state index < -0.39 is 17.9 Å². The molecule has 3 fully saturated rings. The molecule has 0 spiro atoms. The minimum absolute atomic E-state index is 0.0449. The van der Waals surface area contributed by atoms with Gasteiger partial charge in [0.05, 0.1) is 11.5 Å². The molecule has 0 aromatic heterocycles. The number of carbonyl (C=O) groups is 1. The van der Waals surface area contributed by atoms with Crippen LogP contribution in [0, 0.1) is 17.2 Å². The number of aliphatic imine (C=N–C) groups is 2. The van der Waals surface area contributed by atoms with E-state index in [0.29, 0.717) is 48.1 Å². The SMILES string of the molecule is C=CC(=O)N1CCN(C2=C(C#N)C(OCC34CCCN3CCC4)=NC3N=C(c4cccc5cccc(Cl)c45)C(F)=CC23)[C@@H](C)C1. The second-order valence-corrected chi connectivity index (χ2v) is 13.0. The van der Waals surface area contributed by atoms with E-state index in [9.17, 15) is 10.1 Å². The number of hydrogen-bond acceptors (Lipinski definition) is 7. The number of rotatable bonds is 5. The molecule has 2 unspecified atom stereocenters. The Morgan fingerprint density at radius 2 is 1.93 bits per heavy atom. The van der Waals surface area contributed by atoms with Crippen LogP contribution in [-0.4, -0.2) is 89.3 Å². The van der Waals surface area contributed by atoms with E-state index in [0.717, 1.165) is 49.5 Å². The van der Waals surface area contributed by atoms with E-state index in [-0.39, 0.29) is 29.1 Å². The van der Waals surface area contributed by atoms with Gasteiger partial charge in [0, 0.05) is 47.3 Å². The first-order chi connectivity index (χ1) is 21.8.